The van der Waals surface area contributed by atoms with Gasteiger partial charge in [-0.2, -0.15) is 0 Å². The van der Waals surface area contributed by atoms with E-state index in [1.807, 2.05) is 30.3 Å². The van der Waals surface area contributed by atoms with Gasteiger partial charge in [-0.25, -0.2) is 0 Å². The van der Waals surface area contributed by atoms with Gasteiger partial charge < -0.3 is 0 Å². The third kappa shape index (κ3) is 8.69. The number of rotatable bonds is 16. The first kappa shape index (κ1) is 34.8. The molecule has 0 heterocycles. The average Bonchev–Trinajstić information content (AvgIpc) is 2.98. The predicted molar refractivity (Wildman–Crippen MR) is 189 cm³/mol. The summed E-state index contributed by atoms with van der Waals surface area (Å²) < 4.78 is 12.9. The summed E-state index contributed by atoms with van der Waals surface area (Å²) in [6, 6.07) is 25.3. The van der Waals surface area contributed by atoms with Crippen molar-refractivity contribution in [3.63, 3.8) is 0 Å². The molecule has 0 aromatic heterocycles. The van der Waals surface area contributed by atoms with Gasteiger partial charge in [0.25, 0.3) is 0 Å². The van der Waals surface area contributed by atoms with Gasteiger partial charge in [-0.1, -0.05) is 0 Å². The first-order valence-corrected chi connectivity index (χ1v) is 26.9. The number of hydrogen-bond donors (Lipinski definition) is 0. The molecule has 0 radical (unpaired) electrons. The van der Waals surface area contributed by atoms with Crippen LogP contribution in [0.1, 0.15) is 102 Å². The van der Waals surface area contributed by atoms with Crippen LogP contribution in [-0.4, -0.2) is 32.5 Å². The molecule has 3 aromatic carbocycles. The Hall–Kier alpha value is -1.69. The van der Waals surface area contributed by atoms with Crippen LogP contribution in [-0.2, 0) is 4.43 Å². The van der Waals surface area contributed by atoms with Crippen LogP contribution < -0.4 is 0 Å². The second-order valence-electron chi connectivity index (χ2n) is 13.7. The Morgan fingerprint density at radius 1 is 0.786 bits per heavy atom. The van der Waals surface area contributed by atoms with Crippen molar-refractivity contribution in [3.8, 4) is 0 Å². The third-order valence-corrected chi connectivity index (χ3v) is 29.9. The monoisotopic (exact) mass is 692 g/mol. The average molecular weight is 692 g/mol. The molecule has 0 aliphatic heterocycles. The number of fused-ring (bicyclic) bond motifs is 1. The van der Waals surface area contributed by atoms with Gasteiger partial charge in [-0.3, -0.25) is 0 Å². The van der Waals surface area contributed by atoms with Crippen LogP contribution in [0.3, 0.4) is 0 Å². The molecule has 0 aliphatic rings. The van der Waals surface area contributed by atoms with Gasteiger partial charge in [0.1, 0.15) is 0 Å². The van der Waals surface area contributed by atoms with E-state index < -0.39 is 26.7 Å². The van der Waals surface area contributed by atoms with Crippen LogP contribution in [0.25, 0.3) is 10.8 Å². The Kier molecular flexibility index (Phi) is 13.1. The first-order valence-electron chi connectivity index (χ1n) is 16.5. The Balaban J connectivity index is 2.42. The minimum atomic E-state index is -3.18. The third-order valence-electron chi connectivity index (χ3n) is 9.59. The number of carbonyl (C=O) groups excluding carboxylic acids is 1. The van der Waals surface area contributed by atoms with E-state index in [1.165, 1.54) is 71.8 Å². The number of ketones is 1. The van der Waals surface area contributed by atoms with Crippen LogP contribution in [0.5, 0.6) is 0 Å². The van der Waals surface area contributed by atoms with Gasteiger partial charge in [0, 0.05) is 0 Å². The maximum atomic E-state index is 14.2. The molecule has 0 bridgehead atoms. The fourth-order valence-electron chi connectivity index (χ4n) is 5.93. The van der Waals surface area contributed by atoms with Crippen LogP contribution >= 0.6 is 0 Å². The number of benzene rings is 3. The number of allylic oxidation sites excluding steroid dienone is 1. The summed E-state index contributed by atoms with van der Waals surface area (Å²) in [4.78, 5) is 14.2. The van der Waals surface area contributed by atoms with Crippen LogP contribution in [0.2, 0.25) is 31.4 Å². The Bertz CT molecular complexity index is 1280. The maximum absolute atomic E-state index is 14.2. The molecule has 42 heavy (non-hydrogen) atoms. The molecule has 2 nitrogen and oxygen atoms in total. The molecular weight excluding hydrogens is 635 g/mol. The second-order valence-corrected chi connectivity index (χ2v) is 31.7. The van der Waals surface area contributed by atoms with Gasteiger partial charge in [0.2, 0.25) is 0 Å². The van der Waals surface area contributed by atoms with Crippen molar-refractivity contribution in [2.45, 2.75) is 118 Å². The van der Waals surface area contributed by atoms with Gasteiger partial charge in [0.15, 0.2) is 0 Å². The van der Waals surface area contributed by atoms with E-state index in [9.17, 15) is 4.79 Å². The van der Waals surface area contributed by atoms with E-state index in [0.717, 1.165) is 5.56 Å². The minimum absolute atomic E-state index is 0.0544. The van der Waals surface area contributed by atoms with Crippen LogP contribution in [0.15, 0.2) is 82.5 Å². The fourth-order valence-corrected chi connectivity index (χ4v) is 24.3. The van der Waals surface area contributed by atoms with Gasteiger partial charge in [-0.05, 0) is 0 Å². The first-order chi connectivity index (χ1) is 20.0. The Labute approximate surface area is 262 Å². The van der Waals surface area contributed by atoms with Crippen molar-refractivity contribution < 1.29 is 9.22 Å². The molecule has 1 atom stereocenters. The molecule has 0 N–H and O–H groups in total. The van der Waals surface area contributed by atoms with Gasteiger partial charge in [0.05, 0.1) is 0 Å². The number of hydrogen-bond acceptors (Lipinski definition) is 2. The molecule has 0 fully saturated rings. The molecule has 0 spiro atoms. The molecule has 1 unspecified atom stereocenters. The summed E-state index contributed by atoms with van der Waals surface area (Å²) in [5.41, 5.74) is 2.02. The Morgan fingerprint density at radius 3 is 1.86 bits per heavy atom. The van der Waals surface area contributed by atoms with E-state index >= 15 is 0 Å². The van der Waals surface area contributed by atoms with E-state index in [-0.39, 0.29) is 16.9 Å². The Morgan fingerprint density at radius 2 is 1.31 bits per heavy atom. The molecule has 0 amide bonds. The van der Waals surface area contributed by atoms with Crippen molar-refractivity contribution in [1.29, 1.82) is 0 Å². The number of unbranched alkanes of at least 4 members (excludes halogenated alkanes) is 3. The normalized spacial score (nSPS) is 13.9. The summed E-state index contributed by atoms with van der Waals surface area (Å²) >= 11 is -3.18. The molecule has 3 rings (SSSR count). The van der Waals surface area contributed by atoms with Crippen molar-refractivity contribution in [2.24, 2.45) is 0 Å². The molecule has 3 aromatic rings. The molecule has 0 saturated heterocycles. The molecule has 228 valence electrons. The summed E-state index contributed by atoms with van der Waals surface area (Å²) in [5.74, 6) is 0.139. The molecule has 0 aliphatic carbocycles. The molecular formula is C38H56O2SiSn. The molecule has 0 saturated carbocycles. The summed E-state index contributed by atoms with van der Waals surface area (Å²) in [6.07, 6.45) is 9.22. The van der Waals surface area contributed by atoms with Crippen LogP contribution in [0, 0.1) is 0 Å². The van der Waals surface area contributed by atoms with Crippen LogP contribution in [0.4, 0.5) is 0 Å². The standard InChI is InChI=1S/C26H29O2Si.3C4H9.Sn/c1-26(2,3)29(4,5)28-25(19-18-24(27)21-13-7-6-8-14-21)23-17-11-15-20-12-9-10-16-22(20)23;3*1-3-4-2;/h6-18,25H,1-5H3;3*1,3-4H2,2H3;. The zero-order valence-electron chi connectivity index (χ0n) is 27.8. The van der Waals surface area contributed by atoms with Crippen molar-refractivity contribution in [3.05, 3.63) is 93.6 Å². The van der Waals surface area contributed by atoms with Gasteiger partial charge >= 0.3 is 264 Å². The van der Waals surface area contributed by atoms with Gasteiger partial charge in [-0.15, -0.1) is 0 Å². The summed E-state index contributed by atoms with van der Waals surface area (Å²) in [5, 5.41) is 2.55. The summed E-state index contributed by atoms with van der Waals surface area (Å²) in [6.45, 7) is 18.7. The second kappa shape index (κ2) is 15.9. The van der Waals surface area contributed by atoms with Crippen molar-refractivity contribution in [1.82, 2.24) is 0 Å². The van der Waals surface area contributed by atoms with Crippen molar-refractivity contribution >= 4 is 43.3 Å². The van der Waals surface area contributed by atoms with E-state index in [0.29, 0.717) is 0 Å². The van der Waals surface area contributed by atoms with E-state index in [2.05, 4.69) is 103 Å². The van der Waals surface area contributed by atoms with Crippen molar-refractivity contribution in [2.75, 3.05) is 0 Å². The van der Waals surface area contributed by atoms with E-state index in [1.54, 1.807) is 0 Å². The summed E-state index contributed by atoms with van der Waals surface area (Å²) in [7, 11) is -2.22. The molecule has 4 heteroatoms. The predicted octanol–water partition coefficient (Wildman–Crippen LogP) is 12.1. The number of carbonyl (C=O) groups is 1. The zero-order valence-corrected chi connectivity index (χ0v) is 31.6. The SMILES string of the molecule is CCC[CH2][Sn]([CH2]CCC)([CH2]CCC)/[C](=C/C(=O)c1ccccc1)C(O[Si](C)(C)C(C)(C)C)c1cccc2ccccc12. The van der Waals surface area contributed by atoms with E-state index in [4.69, 9.17) is 4.43 Å². The quantitative estimate of drug-likeness (QED) is 0.0849. The zero-order chi connectivity index (χ0) is 30.8. The fraction of sp³-hybridized carbons (Fsp3) is 0.500. The topological polar surface area (TPSA) is 26.3 Å².